The van der Waals surface area contributed by atoms with Crippen molar-refractivity contribution in [3.05, 3.63) is 66.5 Å². The summed E-state index contributed by atoms with van der Waals surface area (Å²) >= 11 is 0. The van der Waals surface area contributed by atoms with Gasteiger partial charge in [0.05, 0.1) is 18.8 Å². The number of anilines is 1. The Balaban J connectivity index is 1.63. The number of carbonyl (C=O) groups excluding carboxylic acids is 1. The van der Waals surface area contributed by atoms with Crippen molar-refractivity contribution in [1.82, 2.24) is 14.9 Å². The highest BCUT2D eigenvalue weighted by molar-refractivity contribution is 5.79. The molecule has 2 N–H and O–H groups in total. The summed E-state index contributed by atoms with van der Waals surface area (Å²) in [5.41, 5.74) is 8.48. The van der Waals surface area contributed by atoms with E-state index in [4.69, 9.17) is 15.2 Å². The second-order valence-corrected chi connectivity index (χ2v) is 7.46. The van der Waals surface area contributed by atoms with Gasteiger partial charge >= 0.3 is 0 Å². The molecule has 3 aromatic rings. The van der Waals surface area contributed by atoms with Crippen molar-refractivity contribution in [3.8, 4) is 22.6 Å². The zero-order chi connectivity index (χ0) is 21.6. The summed E-state index contributed by atoms with van der Waals surface area (Å²) in [6.45, 7) is 0.638. The lowest BCUT2D eigenvalue weighted by molar-refractivity contribution is -0.137. The SMILES string of the molecule is COc1cccc(-c2cnc(N)nc2[C@@H]2CCCCN2C(=O)COc2ccccc2)c1. The molecule has 7 heteroatoms. The fourth-order valence-corrected chi connectivity index (χ4v) is 3.94. The predicted octanol–water partition coefficient (Wildman–Crippen LogP) is 3.87. The third-order valence-corrected chi connectivity index (χ3v) is 5.46. The van der Waals surface area contributed by atoms with Crippen LogP contribution in [0.4, 0.5) is 5.95 Å². The quantitative estimate of drug-likeness (QED) is 0.654. The minimum Gasteiger partial charge on any atom is -0.497 e. The number of nitrogen functional groups attached to an aromatic ring is 1. The molecule has 7 nitrogen and oxygen atoms in total. The number of aromatic nitrogens is 2. The first-order chi connectivity index (χ1) is 15.2. The summed E-state index contributed by atoms with van der Waals surface area (Å²) < 4.78 is 11.1. The number of amides is 1. The molecule has 31 heavy (non-hydrogen) atoms. The molecule has 1 atom stereocenters. The van der Waals surface area contributed by atoms with E-state index in [0.29, 0.717) is 12.3 Å². The van der Waals surface area contributed by atoms with E-state index in [1.807, 2.05) is 59.5 Å². The minimum absolute atomic E-state index is 0.0183. The van der Waals surface area contributed by atoms with Gasteiger partial charge in [-0.05, 0) is 49.1 Å². The van der Waals surface area contributed by atoms with E-state index in [1.54, 1.807) is 13.3 Å². The average Bonchev–Trinajstić information content (AvgIpc) is 2.83. The lowest BCUT2D eigenvalue weighted by Gasteiger charge is -2.36. The number of nitrogens with zero attached hydrogens (tertiary/aromatic N) is 3. The fraction of sp³-hybridized carbons (Fsp3) is 0.292. The normalized spacial score (nSPS) is 16.0. The number of carbonyl (C=O) groups is 1. The number of methoxy groups -OCH3 is 1. The number of rotatable bonds is 6. The molecule has 0 spiro atoms. The second-order valence-electron chi connectivity index (χ2n) is 7.46. The fourth-order valence-electron chi connectivity index (χ4n) is 3.94. The maximum Gasteiger partial charge on any atom is 0.261 e. The number of likely N-dealkylation sites (tertiary alicyclic amines) is 1. The third-order valence-electron chi connectivity index (χ3n) is 5.46. The van der Waals surface area contributed by atoms with E-state index >= 15 is 0 Å². The van der Waals surface area contributed by atoms with Gasteiger partial charge in [0, 0.05) is 18.3 Å². The number of para-hydroxylation sites is 1. The molecule has 1 aromatic heterocycles. The Morgan fingerprint density at radius 1 is 1.13 bits per heavy atom. The van der Waals surface area contributed by atoms with Crippen molar-refractivity contribution in [2.24, 2.45) is 0 Å². The van der Waals surface area contributed by atoms with Crippen molar-refractivity contribution >= 4 is 11.9 Å². The molecule has 1 fully saturated rings. The molecule has 0 unspecified atom stereocenters. The molecule has 1 amide bonds. The van der Waals surface area contributed by atoms with Crippen LogP contribution < -0.4 is 15.2 Å². The summed E-state index contributed by atoms with van der Waals surface area (Å²) in [4.78, 5) is 23.7. The molecule has 0 aliphatic carbocycles. The number of hydrogen-bond donors (Lipinski definition) is 1. The summed E-state index contributed by atoms with van der Waals surface area (Å²) in [6.07, 6.45) is 4.49. The molecular formula is C24H26N4O3. The second kappa shape index (κ2) is 9.47. The van der Waals surface area contributed by atoms with Crippen molar-refractivity contribution in [3.63, 3.8) is 0 Å². The van der Waals surface area contributed by atoms with Gasteiger partial charge in [-0.3, -0.25) is 4.79 Å². The topological polar surface area (TPSA) is 90.6 Å². The number of nitrogens with two attached hydrogens (primary N) is 1. The van der Waals surface area contributed by atoms with Crippen LogP contribution in [-0.2, 0) is 4.79 Å². The molecule has 4 rings (SSSR count). The molecule has 160 valence electrons. The van der Waals surface area contributed by atoms with Gasteiger partial charge in [-0.1, -0.05) is 30.3 Å². The summed E-state index contributed by atoms with van der Waals surface area (Å²) in [5, 5.41) is 0. The van der Waals surface area contributed by atoms with Crippen LogP contribution in [0.5, 0.6) is 11.5 Å². The van der Waals surface area contributed by atoms with Crippen LogP contribution in [0.1, 0.15) is 31.0 Å². The summed E-state index contributed by atoms with van der Waals surface area (Å²) in [6, 6.07) is 16.9. The maximum absolute atomic E-state index is 13.1. The molecule has 2 heterocycles. The van der Waals surface area contributed by atoms with Gasteiger partial charge in [-0.15, -0.1) is 0 Å². The zero-order valence-electron chi connectivity index (χ0n) is 17.5. The first-order valence-corrected chi connectivity index (χ1v) is 10.4. The molecule has 1 aliphatic heterocycles. The smallest absolute Gasteiger partial charge is 0.261 e. The Morgan fingerprint density at radius 2 is 1.94 bits per heavy atom. The van der Waals surface area contributed by atoms with Gasteiger partial charge in [0.25, 0.3) is 5.91 Å². The highest BCUT2D eigenvalue weighted by Crippen LogP contribution is 2.36. The van der Waals surface area contributed by atoms with Crippen LogP contribution in [0.2, 0.25) is 0 Å². The van der Waals surface area contributed by atoms with Crippen molar-refractivity contribution in [2.75, 3.05) is 26.0 Å². The molecule has 2 aromatic carbocycles. The maximum atomic E-state index is 13.1. The van der Waals surface area contributed by atoms with E-state index in [2.05, 4.69) is 9.97 Å². The van der Waals surface area contributed by atoms with Crippen LogP contribution in [0, 0.1) is 0 Å². The van der Waals surface area contributed by atoms with Crippen molar-refractivity contribution in [2.45, 2.75) is 25.3 Å². The van der Waals surface area contributed by atoms with Crippen LogP contribution in [-0.4, -0.2) is 41.0 Å². The highest BCUT2D eigenvalue weighted by atomic mass is 16.5. The largest absolute Gasteiger partial charge is 0.497 e. The highest BCUT2D eigenvalue weighted by Gasteiger charge is 2.31. The number of ether oxygens (including phenoxy) is 2. The van der Waals surface area contributed by atoms with Crippen LogP contribution in [0.15, 0.2) is 60.8 Å². The third kappa shape index (κ3) is 4.77. The first kappa shape index (κ1) is 20.7. The van der Waals surface area contributed by atoms with Gasteiger partial charge in [0.1, 0.15) is 11.5 Å². The molecule has 0 bridgehead atoms. The van der Waals surface area contributed by atoms with Gasteiger partial charge < -0.3 is 20.1 Å². The lowest BCUT2D eigenvalue weighted by Crippen LogP contribution is -2.41. The van der Waals surface area contributed by atoms with Crippen LogP contribution in [0.25, 0.3) is 11.1 Å². The number of benzene rings is 2. The van der Waals surface area contributed by atoms with Crippen molar-refractivity contribution < 1.29 is 14.3 Å². The lowest BCUT2D eigenvalue weighted by atomic mass is 9.93. The summed E-state index contributed by atoms with van der Waals surface area (Å²) in [7, 11) is 1.63. The molecule has 1 saturated heterocycles. The zero-order valence-corrected chi connectivity index (χ0v) is 17.5. The Bertz CT molecular complexity index is 1040. The van der Waals surface area contributed by atoms with E-state index in [9.17, 15) is 4.79 Å². The first-order valence-electron chi connectivity index (χ1n) is 10.4. The predicted molar refractivity (Wildman–Crippen MR) is 119 cm³/mol. The van der Waals surface area contributed by atoms with Gasteiger partial charge in [-0.25, -0.2) is 9.97 Å². The van der Waals surface area contributed by atoms with Gasteiger partial charge in [0.2, 0.25) is 5.95 Å². The Morgan fingerprint density at radius 3 is 2.74 bits per heavy atom. The minimum atomic E-state index is -0.188. The number of hydrogen-bond acceptors (Lipinski definition) is 6. The van der Waals surface area contributed by atoms with Crippen LogP contribution in [0.3, 0.4) is 0 Å². The van der Waals surface area contributed by atoms with E-state index < -0.39 is 0 Å². The Hall–Kier alpha value is -3.61. The van der Waals surface area contributed by atoms with Gasteiger partial charge in [0.15, 0.2) is 6.61 Å². The van der Waals surface area contributed by atoms with Gasteiger partial charge in [-0.2, -0.15) is 0 Å². The molecule has 0 radical (unpaired) electrons. The molecule has 0 saturated carbocycles. The van der Waals surface area contributed by atoms with Crippen LogP contribution >= 0.6 is 0 Å². The van der Waals surface area contributed by atoms with E-state index in [-0.39, 0.29) is 24.5 Å². The molecular weight excluding hydrogens is 392 g/mol. The molecule has 1 aliphatic rings. The van der Waals surface area contributed by atoms with E-state index in [1.165, 1.54) is 0 Å². The summed E-state index contributed by atoms with van der Waals surface area (Å²) in [5.74, 6) is 1.54. The monoisotopic (exact) mass is 418 g/mol. The Labute approximate surface area is 181 Å². The Kier molecular flexibility index (Phi) is 6.31. The average molecular weight is 418 g/mol. The van der Waals surface area contributed by atoms with E-state index in [0.717, 1.165) is 41.8 Å². The van der Waals surface area contributed by atoms with Crippen molar-refractivity contribution in [1.29, 1.82) is 0 Å². The standard InChI is InChI=1S/C24H26N4O3/c1-30-19-11-7-8-17(14-19)20-15-26-24(25)27-23(20)21-12-5-6-13-28(21)22(29)16-31-18-9-3-2-4-10-18/h2-4,7-11,14-15,21H,5-6,12-13,16H2,1H3,(H2,25,26,27)/t21-/m0/s1. The number of piperidine rings is 1.